The smallest absolute Gasteiger partial charge is 0.239 e. The molecule has 1 saturated heterocycles. The van der Waals surface area contributed by atoms with E-state index in [1.165, 1.54) is 23.3 Å². The Balaban J connectivity index is 1.28. The van der Waals surface area contributed by atoms with Gasteiger partial charge >= 0.3 is 0 Å². The highest BCUT2D eigenvalue weighted by Crippen LogP contribution is 2.27. The molecule has 0 unspecified atom stereocenters. The van der Waals surface area contributed by atoms with E-state index in [4.69, 9.17) is 5.73 Å². The van der Waals surface area contributed by atoms with Gasteiger partial charge in [-0.1, -0.05) is 78.9 Å². The van der Waals surface area contributed by atoms with Crippen LogP contribution >= 0.6 is 0 Å². The van der Waals surface area contributed by atoms with E-state index < -0.39 is 0 Å². The minimum atomic E-state index is -0.379. The topological polar surface area (TPSA) is 75.4 Å². The average molecular weight is 538 g/mol. The zero-order valence-corrected chi connectivity index (χ0v) is 22.6. The zero-order valence-electron chi connectivity index (χ0n) is 22.6. The number of ketones is 1. The van der Waals surface area contributed by atoms with Gasteiger partial charge in [-0.2, -0.15) is 0 Å². The van der Waals surface area contributed by atoms with Crippen molar-refractivity contribution in [3.63, 3.8) is 0 Å². The van der Waals surface area contributed by atoms with Crippen molar-refractivity contribution in [1.82, 2.24) is 10.2 Å². The molecule has 1 heterocycles. The monoisotopic (exact) mass is 537 g/mol. The molecular weight excluding hydrogens is 501 g/mol. The maximum Gasteiger partial charge on any atom is 0.239 e. The molecule has 0 spiro atoms. The Hall–Kier alpha value is -3.87. The molecular formula is C34H36FN3O2. The van der Waals surface area contributed by atoms with E-state index in [9.17, 15) is 14.0 Å². The second-order valence-corrected chi connectivity index (χ2v) is 10.6. The summed E-state index contributed by atoms with van der Waals surface area (Å²) in [4.78, 5) is 28.8. The number of nitrogens with two attached hydrogens (primary N) is 1. The Morgan fingerprint density at radius 3 is 2.23 bits per heavy atom. The molecule has 1 aliphatic heterocycles. The van der Waals surface area contributed by atoms with Crippen molar-refractivity contribution in [2.45, 2.75) is 43.7 Å². The average Bonchev–Trinajstić information content (AvgIpc) is 3.13. The SMILES string of the molecule is NCC[C@@H]1N[C@H](CCC(=O)c2ccc3cc(F)ccc3c2)CCN(CC(c2ccccc2)c2ccccc2)C1=O. The van der Waals surface area contributed by atoms with Gasteiger partial charge in [0.2, 0.25) is 5.91 Å². The lowest BCUT2D eigenvalue weighted by Crippen LogP contribution is -2.47. The summed E-state index contributed by atoms with van der Waals surface area (Å²) in [6, 6.07) is 30.2. The van der Waals surface area contributed by atoms with Crippen LogP contribution in [0.4, 0.5) is 4.39 Å². The first kappa shape index (κ1) is 27.7. The molecule has 2 atom stereocenters. The van der Waals surface area contributed by atoms with Crippen molar-refractivity contribution in [2.75, 3.05) is 19.6 Å². The molecule has 5 nitrogen and oxygen atoms in total. The third kappa shape index (κ3) is 6.64. The number of halogens is 1. The molecule has 6 heteroatoms. The standard InChI is InChI=1S/C34H36FN3O2/c35-29-14-13-26-21-28(12-11-27(26)22-29)33(39)16-15-30-18-20-38(34(40)32(37-30)17-19-36)23-31(24-7-3-1-4-8-24)25-9-5-2-6-10-25/h1-14,21-22,30-32,37H,15-20,23,36H2/t30-,32+/m1/s1. The van der Waals surface area contributed by atoms with E-state index in [1.807, 2.05) is 47.4 Å². The van der Waals surface area contributed by atoms with Gasteiger partial charge in [-0.3, -0.25) is 9.59 Å². The summed E-state index contributed by atoms with van der Waals surface area (Å²) in [5.74, 6) is -0.119. The van der Waals surface area contributed by atoms with Crippen LogP contribution in [0.15, 0.2) is 97.1 Å². The molecule has 3 N–H and O–H groups in total. The molecule has 206 valence electrons. The Labute approximate surface area is 235 Å². The third-order valence-corrected chi connectivity index (χ3v) is 7.90. The maximum atomic E-state index is 13.7. The lowest BCUT2D eigenvalue weighted by atomic mass is 9.90. The number of hydrogen-bond donors (Lipinski definition) is 2. The van der Waals surface area contributed by atoms with Crippen LogP contribution in [-0.2, 0) is 4.79 Å². The summed E-state index contributed by atoms with van der Waals surface area (Å²) in [5, 5.41) is 5.14. The number of carbonyl (C=O) groups excluding carboxylic acids is 2. The minimum Gasteiger partial charge on any atom is -0.340 e. The fourth-order valence-electron chi connectivity index (χ4n) is 5.70. The summed E-state index contributed by atoms with van der Waals surface area (Å²) in [6.07, 6.45) is 2.30. The van der Waals surface area contributed by atoms with Crippen molar-refractivity contribution in [3.8, 4) is 0 Å². The van der Waals surface area contributed by atoms with Gasteiger partial charge < -0.3 is 16.0 Å². The van der Waals surface area contributed by atoms with Gasteiger partial charge in [-0.05, 0) is 65.9 Å². The summed E-state index contributed by atoms with van der Waals surface area (Å²) in [6.45, 7) is 1.60. The van der Waals surface area contributed by atoms with Gasteiger partial charge in [-0.25, -0.2) is 4.39 Å². The molecule has 0 aromatic heterocycles. The Morgan fingerprint density at radius 2 is 1.55 bits per heavy atom. The van der Waals surface area contributed by atoms with Gasteiger partial charge in [0, 0.05) is 37.0 Å². The number of carbonyl (C=O) groups is 2. The van der Waals surface area contributed by atoms with Gasteiger partial charge in [0.1, 0.15) is 5.82 Å². The first-order valence-electron chi connectivity index (χ1n) is 14.1. The molecule has 0 aliphatic carbocycles. The number of amides is 1. The van der Waals surface area contributed by atoms with Crippen LogP contribution in [-0.4, -0.2) is 48.3 Å². The second-order valence-electron chi connectivity index (χ2n) is 10.6. The Kier molecular flexibility index (Phi) is 8.99. The van der Waals surface area contributed by atoms with Crippen molar-refractivity contribution >= 4 is 22.5 Å². The van der Waals surface area contributed by atoms with Crippen molar-refractivity contribution in [2.24, 2.45) is 5.73 Å². The molecule has 1 fully saturated rings. The van der Waals surface area contributed by atoms with E-state index in [0.29, 0.717) is 44.5 Å². The van der Waals surface area contributed by atoms with E-state index in [1.54, 1.807) is 18.2 Å². The highest BCUT2D eigenvalue weighted by Gasteiger charge is 2.32. The first-order valence-corrected chi connectivity index (χ1v) is 14.1. The summed E-state index contributed by atoms with van der Waals surface area (Å²) < 4.78 is 13.5. The van der Waals surface area contributed by atoms with Gasteiger partial charge in [0.15, 0.2) is 5.78 Å². The summed E-state index contributed by atoms with van der Waals surface area (Å²) in [7, 11) is 0. The quantitative estimate of drug-likeness (QED) is 0.255. The van der Waals surface area contributed by atoms with Crippen LogP contribution in [0.3, 0.4) is 0 Å². The van der Waals surface area contributed by atoms with Crippen molar-refractivity contribution in [1.29, 1.82) is 0 Å². The number of Topliss-reactive ketones (excluding diaryl/α,β-unsaturated/α-hetero) is 1. The van der Waals surface area contributed by atoms with Crippen molar-refractivity contribution in [3.05, 3.63) is 120 Å². The van der Waals surface area contributed by atoms with E-state index >= 15 is 0 Å². The van der Waals surface area contributed by atoms with Gasteiger partial charge in [0.25, 0.3) is 0 Å². The van der Waals surface area contributed by atoms with Crippen LogP contribution in [0.5, 0.6) is 0 Å². The number of nitrogens with one attached hydrogen (secondary N) is 1. The number of nitrogens with zero attached hydrogens (tertiary/aromatic N) is 1. The predicted octanol–water partition coefficient (Wildman–Crippen LogP) is 5.68. The summed E-state index contributed by atoms with van der Waals surface area (Å²) >= 11 is 0. The molecule has 1 amide bonds. The van der Waals surface area contributed by atoms with E-state index in [0.717, 1.165) is 17.2 Å². The van der Waals surface area contributed by atoms with Crippen molar-refractivity contribution < 1.29 is 14.0 Å². The largest absolute Gasteiger partial charge is 0.340 e. The number of benzene rings is 4. The fourth-order valence-corrected chi connectivity index (χ4v) is 5.70. The molecule has 0 bridgehead atoms. The van der Waals surface area contributed by atoms with Crippen LogP contribution in [0, 0.1) is 5.82 Å². The number of hydrogen-bond acceptors (Lipinski definition) is 4. The minimum absolute atomic E-state index is 0.0240. The van der Waals surface area contributed by atoms with E-state index in [-0.39, 0.29) is 35.5 Å². The highest BCUT2D eigenvalue weighted by molar-refractivity contribution is 6.00. The molecule has 4 aromatic carbocycles. The third-order valence-electron chi connectivity index (χ3n) is 7.90. The molecule has 4 aromatic rings. The molecule has 40 heavy (non-hydrogen) atoms. The van der Waals surface area contributed by atoms with Crippen LogP contribution in [0.2, 0.25) is 0 Å². The molecule has 0 radical (unpaired) electrons. The number of fused-ring (bicyclic) bond motifs is 1. The van der Waals surface area contributed by atoms with Crippen LogP contribution in [0.25, 0.3) is 10.8 Å². The molecule has 1 aliphatic rings. The number of rotatable bonds is 10. The van der Waals surface area contributed by atoms with Gasteiger partial charge in [0.05, 0.1) is 6.04 Å². The lowest BCUT2D eigenvalue weighted by molar-refractivity contribution is -0.133. The normalized spacial score (nSPS) is 17.8. The highest BCUT2D eigenvalue weighted by atomic mass is 19.1. The Morgan fingerprint density at radius 1 is 0.900 bits per heavy atom. The maximum absolute atomic E-state index is 13.7. The fraction of sp³-hybridized carbons (Fsp3) is 0.294. The zero-order chi connectivity index (χ0) is 27.9. The second kappa shape index (κ2) is 13.0. The molecule has 5 rings (SSSR count). The summed E-state index contributed by atoms with van der Waals surface area (Å²) in [5.41, 5.74) is 8.88. The lowest BCUT2D eigenvalue weighted by Gasteiger charge is -2.29. The van der Waals surface area contributed by atoms with Crippen LogP contribution in [0.1, 0.15) is 53.1 Å². The van der Waals surface area contributed by atoms with E-state index in [2.05, 4.69) is 29.6 Å². The molecule has 0 saturated carbocycles. The first-order chi connectivity index (χ1) is 19.5. The van der Waals surface area contributed by atoms with Gasteiger partial charge in [-0.15, -0.1) is 0 Å². The van der Waals surface area contributed by atoms with Crippen LogP contribution < -0.4 is 11.1 Å². The predicted molar refractivity (Wildman–Crippen MR) is 158 cm³/mol. The Bertz CT molecular complexity index is 1400.